The smallest absolute Gasteiger partial charge is 0.0317 e. The first-order valence-corrected chi connectivity index (χ1v) is 7.80. The molecule has 19 heavy (non-hydrogen) atoms. The van der Waals surface area contributed by atoms with Gasteiger partial charge in [0.25, 0.3) is 0 Å². The zero-order chi connectivity index (χ0) is 13.0. The van der Waals surface area contributed by atoms with E-state index in [-0.39, 0.29) is 0 Å². The van der Waals surface area contributed by atoms with Gasteiger partial charge in [-0.2, -0.15) is 0 Å². The number of nitrogens with two attached hydrogens (primary N) is 1. The van der Waals surface area contributed by atoms with Crippen LogP contribution >= 0.6 is 0 Å². The third kappa shape index (κ3) is 1.53. The van der Waals surface area contributed by atoms with E-state index in [9.17, 15) is 0 Å². The van der Waals surface area contributed by atoms with E-state index in [1.54, 1.807) is 11.1 Å². The fraction of sp³-hybridized carbons (Fsp3) is 0.647. The van der Waals surface area contributed by atoms with Gasteiger partial charge in [0.05, 0.1) is 0 Å². The van der Waals surface area contributed by atoms with Crippen LogP contribution in [-0.2, 0) is 11.8 Å². The molecule has 1 saturated heterocycles. The van der Waals surface area contributed by atoms with Crippen molar-refractivity contribution in [3.63, 3.8) is 0 Å². The summed E-state index contributed by atoms with van der Waals surface area (Å²) in [6, 6.07) is 7.46. The Labute approximate surface area is 116 Å². The largest absolute Gasteiger partial charge is 0.399 e. The summed E-state index contributed by atoms with van der Waals surface area (Å²) >= 11 is 0. The summed E-state index contributed by atoms with van der Waals surface area (Å²) < 4.78 is 0. The van der Waals surface area contributed by atoms with E-state index >= 15 is 0 Å². The number of nitrogens with zero attached hydrogens (tertiary/aromatic N) is 1. The van der Waals surface area contributed by atoms with Gasteiger partial charge >= 0.3 is 0 Å². The zero-order valence-electron chi connectivity index (χ0n) is 11.9. The molecule has 3 aliphatic rings. The van der Waals surface area contributed by atoms with E-state index in [0.29, 0.717) is 5.41 Å². The molecular formula is C17H24N2. The van der Waals surface area contributed by atoms with Gasteiger partial charge in [-0.05, 0) is 68.5 Å². The van der Waals surface area contributed by atoms with E-state index in [1.165, 1.54) is 45.1 Å². The van der Waals surface area contributed by atoms with Crippen LogP contribution in [-0.4, -0.2) is 24.5 Å². The van der Waals surface area contributed by atoms with Crippen molar-refractivity contribution >= 4 is 5.69 Å². The second kappa shape index (κ2) is 3.99. The SMILES string of the molecule is CN1CC[C@@]23CCCCC2C1Cc1ccc(N)cc13. The standard InChI is InChI=1S/C17H24N2/c1-19-9-8-17-7-3-2-4-14(17)16(19)10-12-5-6-13(18)11-15(12)17/h5-6,11,14,16H,2-4,7-10,18H2,1H3/t14?,16?,17-/m0/s1. The molecule has 1 aromatic carbocycles. The van der Waals surface area contributed by atoms with Gasteiger partial charge in [-0.1, -0.05) is 18.9 Å². The Morgan fingerprint density at radius 1 is 1.26 bits per heavy atom. The second-order valence-corrected chi connectivity index (χ2v) is 6.93. The highest BCUT2D eigenvalue weighted by Crippen LogP contribution is 2.55. The minimum atomic E-state index is 0.457. The Hall–Kier alpha value is -1.02. The molecule has 1 heterocycles. The minimum Gasteiger partial charge on any atom is -0.399 e. The van der Waals surface area contributed by atoms with Gasteiger partial charge < -0.3 is 10.6 Å². The highest BCUT2D eigenvalue weighted by Gasteiger charge is 2.52. The maximum Gasteiger partial charge on any atom is 0.0317 e. The molecular weight excluding hydrogens is 232 g/mol. The van der Waals surface area contributed by atoms with Crippen LogP contribution in [0, 0.1) is 5.92 Å². The first-order chi connectivity index (χ1) is 9.21. The third-order valence-electron chi connectivity index (χ3n) is 6.14. The predicted octanol–water partition coefficient (Wildman–Crippen LogP) is 2.96. The number of piperidine rings is 1. The summed E-state index contributed by atoms with van der Waals surface area (Å²) in [5, 5.41) is 0. The van der Waals surface area contributed by atoms with E-state index in [0.717, 1.165) is 17.6 Å². The van der Waals surface area contributed by atoms with Crippen LogP contribution < -0.4 is 5.73 Å². The van der Waals surface area contributed by atoms with Crippen molar-refractivity contribution in [1.29, 1.82) is 0 Å². The topological polar surface area (TPSA) is 29.3 Å². The monoisotopic (exact) mass is 256 g/mol. The molecule has 2 bridgehead atoms. The number of likely N-dealkylation sites (N-methyl/N-ethyl adjacent to an activating group) is 1. The quantitative estimate of drug-likeness (QED) is 0.723. The lowest BCUT2D eigenvalue weighted by Gasteiger charge is -2.58. The molecule has 2 aliphatic carbocycles. The van der Waals surface area contributed by atoms with Crippen LogP contribution in [0.1, 0.15) is 43.2 Å². The van der Waals surface area contributed by atoms with Crippen LogP contribution in [0.25, 0.3) is 0 Å². The summed E-state index contributed by atoms with van der Waals surface area (Å²) in [5.41, 5.74) is 10.7. The van der Waals surface area contributed by atoms with Gasteiger partial charge in [0.2, 0.25) is 0 Å². The molecule has 2 heteroatoms. The molecule has 1 aliphatic heterocycles. The molecule has 0 amide bonds. The number of anilines is 1. The number of fused-ring (bicyclic) bond motifs is 1. The van der Waals surface area contributed by atoms with E-state index in [1.807, 2.05) is 0 Å². The molecule has 4 rings (SSSR count). The zero-order valence-corrected chi connectivity index (χ0v) is 11.9. The minimum absolute atomic E-state index is 0.457. The summed E-state index contributed by atoms with van der Waals surface area (Å²) in [7, 11) is 2.32. The van der Waals surface area contributed by atoms with Crippen molar-refractivity contribution in [2.45, 2.75) is 50.0 Å². The first kappa shape index (κ1) is 11.8. The van der Waals surface area contributed by atoms with Crippen molar-refractivity contribution in [3.8, 4) is 0 Å². The molecule has 0 radical (unpaired) electrons. The molecule has 1 aromatic rings. The van der Waals surface area contributed by atoms with E-state index in [2.05, 4.69) is 30.1 Å². The van der Waals surface area contributed by atoms with Crippen molar-refractivity contribution in [2.75, 3.05) is 19.3 Å². The Morgan fingerprint density at radius 3 is 3.05 bits per heavy atom. The number of hydrogen-bond acceptors (Lipinski definition) is 2. The highest BCUT2D eigenvalue weighted by molar-refractivity contribution is 5.51. The molecule has 3 atom stereocenters. The van der Waals surface area contributed by atoms with Crippen molar-refractivity contribution in [3.05, 3.63) is 29.3 Å². The Kier molecular flexibility index (Phi) is 2.47. The number of rotatable bonds is 0. The average molecular weight is 256 g/mol. The van der Waals surface area contributed by atoms with Crippen molar-refractivity contribution in [2.24, 2.45) is 5.92 Å². The Morgan fingerprint density at radius 2 is 2.16 bits per heavy atom. The first-order valence-electron chi connectivity index (χ1n) is 7.80. The highest BCUT2D eigenvalue weighted by atomic mass is 15.1. The molecule has 102 valence electrons. The molecule has 1 saturated carbocycles. The molecule has 0 aromatic heterocycles. The van der Waals surface area contributed by atoms with E-state index < -0.39 is 0 Å². The lowest BCUT2D eigenvalue weighted by atomic mass is 9.52. The van der Waals surface area contributed by atoms with Crippen LogP contribution in [0.3, 0.4) is 0 Å². The van der Waals surface area contributed by atoms with Crippen LogP contribution in [0.5, 0.6) is 0 Å². The van der Waals surface area contributed by atoms with Gasteiger partial charge in [-0.3, -0.25) is 0 Å². The number of likely N-dealkylation sites (tertiary alicyclic amines) is 1. The maximum atomic E-state index is 6.09. The van der Waals surface area contributed by atoms with E-state index in [4.69, 9.17) is 5.73 Å². The number of benzene rings is 1. The normalized spacial score (nSPS) is 37.5. The maximum absolute atomic E-state index is 6.09. The average Bonchev–Trinajstić information content (AvgIpc) is 2.43. The fourth-order valence-electron chi connectivity index (χ4n) is 5.21. The Balaban J connectivity index is 1.90. The van der Waals surface area contributed by atoms with Crippen LogP contribution in [0.4, 0.5) is 5.69 Å². The van der Waals surface area contributed by atoms with Gasteiger partial charge in [0.15, 0.2) is 0 Å². The molecule has 2 fully saturated rings. The molecule has 2 unspecified atom stereocenters. The predicted molar refractivity (Wildman–Crippen MR) is 79.2 cm³/mol. The molecule has 2 N–H and O–H groups in total. The van der Waals surface area contributed by atoms with Crippen LogP contribution in [0.15, 0.2) is 18.2 Å². The van der Waals surface area contributed by atoms with Gasteiger partial charge in [-0.15, -0.1) is 0 Å². The Bertz CT molecular complexity index is 510. The van der Waals surface area contributed by atoms with Gasteiger partial charge in [0, 0.05) is 17.1 Å². The van der Waals surface area contributed by atoms with Crippen molar-refractivity contribution in [1.82, 2.24) is 4.90 Å². The van der Waals surface area contributed by atoms with Gasteiger partial charge in [-0.25, -0.2) is 0 Å². The summed E-state index contributed by atoms with van der Waals surface area (Å²) in [6.45, 7) is 1.26. The molecule has 2 nitrogen and oxygen atoms in total. The fourth-order valence-corrected chi connectivity index (χ4v) is 5.21. The van der Waals surface area contributed by atoms with Gasteiger partial charge in [0.1, 0.15) is 0 Å². The number of nitrogen functional groups attached to an aromatic ring is 1. The lowest BCUT2D eigenvalue weighted by Crippen LogP contribution is -2.59. The van der Waals surface area contributed by atoms with Crippen molar-refractivity contribution < 1.29 is 0 Å². The number of hydrogen-bond donors (Lipinski definition) is 1. The summed E-state index contributed by atoms with van der Waals surface area (Å²) in [4.78, 5) is 2.62. The lowest BCUT2D eigenvalue weighted by molar-refractivity contribution is 0.00291. The van der Waals surface area contributed by atoms with Crippen LogP contribution in [0.2, 0.25) is 0 Å². The second-order valence-electron chi connectivity index (χ2n) is 6.93. The summed E-state index contributed by atoms with van der Waals surface area (Å²) in [6.07, 6.45) is 8.21. The third-order valence-corrected chi connectivity index (χ3v) is 6.14. The molecule has 0 spiro atoms. The summed E-state index contributed by atoms with van der Waals surface area (Å²) in [5.74, 6) is 0.870.